The summed E-state index contributed by atoms with van der Waals surface area (Å²) in [5.74, 6) is -0.268. The lowest BCUT2D eigenvalue weighted by Gasteiger charge is -2.32. The number of rotatable bonds is 10. The van der Waals surface area contributed by atoms with E-state index in [1.807, 2.05) is 35.2 Å². The van der Waals surface area contributed by atoms with Crippen molar-refractivity contribution in [1.82, 2.24) is 10.2 Å². The molecule has 1 saturated heterocycles. The number of hydrogen-bond donors (Lipinski definition) is 1. The summed E-state index contributed by atoms with van der Waals surface area (Å²) in [6.45, 7) is 4.80. The largest absolute Gasteiger partial charge is 0.468 e. The highest BCUT2D eigenvalue weighted by molar-refractivity contribution is 5.77. The van der Waals surface area contributed by atoms with Gasteiger partial charge in [-0.3, -0.25) is 9.69 Å². The number of methoxy groups -OCH3 is 1. The van der Waals surface area contributed by atoms with Crippen molar-refractivity contribution >= 4 is 18.3 Å². The third kappa shape index (κ3) is 5.92. The third-order valence-corrected chi connectivity index (χ3v) is 4.95. The van der Waals surface area contributed by atoms with Crippen LogP contribution in [0.15, 0.2) is 43.0 Å². The van der Waals surface area contributed by atoms with Gasteiger partial charge in [0.05, 0.1) is 7.11 Å². The smallest absolute Gasteiger partial charge is 0.408 e. The normalized spacial score (nSPS) is 18.7. The van der Waals surface area contributed by atoms with E-state index >= 15 is 0 Å². The first kappa shape index (κ1) is 21.6. The fraction of sp³-hybridized carbons (Fsp3) is 0.476. The van der Waals surface area contributed by atoms with Crippen LogP contribution in [-0.4, -0.2) is 61.6 Å². The predicted octanol–water partition coefficient (Wildman–Crippen LogP) is 2.11. The lowest BCUT2D eigenvalue weighted by Crippen LogP contribution is -2.54. The average Bonchev–Trinajstić information content (AvgIpc) is 3.19. The Hall–Kier alpha value is -2.67. The molecule has 0 saturated carbocycles. The van der Waals surface area contributed by atoms with Gasteiger partial charge in [0.2, 0.25) is 0 Å². The molecule has 28 heavy (non-hydrogen) atoms. The van der Waals surface area contributed by atoms with Gasteiger partial charge in [0.15, 0.2) is 0 Å². The fourth-order valence-corrected chi connectivity index (χ4v) is 3.50. The first-order chi connectivity index (χ1) is 13.5. The topological polar surface area (TPSA) is 84.9 Å². The van der Waals surface area contributed by atoms with Gasteiger partial charge in [-0.25, -0.2) is 4.79 Å². The van der Waals surface area contributed by atoms with Crippen molar-refractivity contribution in [3.63, 3.8) is 0 Å². The Morgan fingerprint density at radius 2 is 2.11 bits per heavy atom. The Kier molecular flexibility index (Phi) is 8.19. The van der Waals surface area contributed by atoms with E-state index in [2.05, 4.69) is 11.9 Å². The summed E-state index contributed by atoms with van der Waals surface area (Å²) in [7, 11) is 1.38. The van der Waals surface area contributed by atoms with E-state index in [0.717, 1.165) is 31.2 Å². The Balaban J connectivity index is 2.14. The van der Waals surface area contributed by atoms with Gasteiger partial charge in [-0.15, -0.1) is 0 Å². The molecule has 1 fully saturated rings. The van der Waals surface area contributed by atoms with Crippen LogP contribution >= 0.6 is 0 Å². The molecule has 7 heteroatoms. The number of aldehydes is 1. The molecule has 2 atom stereocenters. The molecule has 0 aliphatic carbocycles. The van der Waals surface area contributed by atoms with E-state index in [9.17, 15) is 14.4 Å². The summed E-state index contributed by atoms with van der Waals surface area (Å²) in [6, 6.07) is 9.16. The quantitative estimate of drug-likeness (QED) is 0.375. The lowest BCUT2D eigenvalue weighted by atomic mass is 9.88. The average molecular weight is 388 g/mol. The highest BCUT2D eigenvalue weighted by Crippen LogP contribution is 2.22. The zero-order valence-electron chi connectivity index (χ0n) is 16.3. The number of carbonyl (C=O) groups is 3. The Morgan fingerprint density at radius 1 is 1.36 bits per heavy atom. The number of esters is 1. The second-order valence-corrected chi connectivity index (χ2v) is 6.92. The molecule has 7 nitrogen and oxygen atoms in total. The number of benzene rings is 1. The minimum Gasteiger partial charge on any atom is -0.468 e. The summed E-state index contributed by atoms with van der Waals surface area (Å²) in [5, 5.41) is 2.73. The molecule has 0 bridgehead atoms. The monoisotopic (exact) mass is 388 g/mol. The van der Waals surface area contributed by atoms with E-state index in [-0.39, 0.29) is 18.6 Å². The van der Waals surface area contributed by atoms with Gasteiger partial charge < -0.3 is 19.6 Å². The highest BCUT2D eigenvalue weighted by Gasteiger charge is 2.37. The molecule has 1 amide bonds. The van der Waals surface area contributed by atoms with E-state index in [1.54, 1.807) is 0 Å². The molecule has 1 heterocycles. The molecule has 1 aromatic rings. The maximum atomic E-state index is 12.2. The van der Waals surface area contributed by atoms with Crippen molar-refractivity contribution in [2.45, 2.75) is 37.3 Å². The van der Waals surface area contributed by atoms with Crippen molar-refractivity contribution in [3.8, 4) is 0 Å². The Bertz CT molecular complexity index is 679. The van der Waals surface area contributed by atoms with Crippen LogP contribution in [0.25, 0.3) is 0 Å². The van der Waals surface area contributed by atoms with E-state index < -0.39 is 11.6 Å². The van der Waals surface area contributed by atoms with Crippen molar-refractivity contribution in [2.24, 2.45) is 0 Å². The molecule has 1 aromatic carbocycles. The number of nitrogens with one attached hydrogen (secondary N) is 1. The molecule has 2 rings (SSSR count). The minimum atomic E-state index is -1.14. The number of hydrogen-bond acceptors (Lipinski definition) is 6. The van der Waals surface area contributed by atoms with E-state index in [0.29, 0.717) is 19.4 Å². The molecule has 0 radical (unpaired) electrons. The van der Waals surface area contributed by atoms with Gasteiger partial charge in [0, 0.05) is 13.0 Å². The maximum Gasteiger partial charge on any atom is 0.408 e. The summed E-state index contributed by atoms with van der Waals surface area (Å²) < 4.78 is 9.90. The van der Waals surface area contributed by atoms with Crippen LogP contribution in [-0.2, 0) is 25.5 Å². The van der Waals surface area contributed by atoms with Crippen LogP contribution in [0.1, 0.15) is 24.8 Å². The summed E-state index contributed by atoms with van der Waals surface area (Å²) in [6.07, 6.45) is 3.85. The number of amides is 1. The van der Waals surface area contributed by atoms with Crippen LogP contribution in [0.5, 0.6) is 0 Å². The molecule has 1 aliphatic rings. The second-order valence-electron chi connectivity index (χ2n) is 6.92. The van der Waals surface area contributed by atoms with Gasteiger partial charge in [-0.1, -0.05) is 43.0 Å². The number of ether oxygens (including phenoxy) is 2. The maximum absolute atomic E-state index is 12.2. The molecular formula is C21H28N2O5. The lowest BCUT2D eigenvalue weighted by molar-refractivity contribution is -0.145. The van der Waals surface area contributed by atoms with Crippen LogP contribution in [0.2, 0.25) is 0 Å². The highest BCUT2D eigenvalue weighted by atomic mass is 16.5. The molecule has 1 aliphatic heterocycles. The van der Waals surface area contributed by atoms with Crippen molar-refractivity contribution in [2.75, 3.05) is 26.8 Å². The fourth-order valence-electron chi connectivity index (χ4n) is 3.50. The number of carbonyl (C=O) groups excluding carboxylic acids is 3. The molecule has 152 valence electrons. The zero-order valence-corrected chi connectivity index (χ0v) is 16.3. The van der Waals surface area contributed by atoms with Gasteiger partial charge in [0.25, 0.3) is 0 Å². The number of nitrogens with zero attached hydrogens (tertiary/aromatic N) is 1. The van der Waals surface area contributed by atoms with Crippen molar-refractivity contribution in [3.05, 3.63) is 48.6 Å². The van der Waals surface area contributed by atoms with Crippen LogP contribution in [0.4, 0.5) is 4.79 Å². The van der Waals surface area contributed by atoms with E-state index in [4.69, 9.17) is 9.47 Å². The first-order valence-electron chi connectivity index (χ1n) is 9.41. The predicted molar refractivity (Wildman–Crippen MR) is 105 cm³/mol. The van der Waals surface area contributed by atoms with E-state index in [1.165, 1.54) is 13.2 Å². The van der Waals surface area contributed by atoms with Gasteiger partial charge in [-0.2, -0.15) is 0 Å². The summed E-state index contributed by atoms with van der Waals surface area (Å²) in [5.41, 5.74) is -0.215. The Morgan fingerprint density at radius 3 is 2.75 bits per heavy atom. The standard InChI is InChI=1S/C21H28N2O5/c1-3-14-28-20(26)22-21(16-24,15-17-8-5-4-6-9-17)11-13-23-12-7-10-18(23)19(25)27-2/h3-6,8-9,16,18H,1,7,10-15H2,2H3,(H,22,26)/t18-,21-/m0/s1. The van der Waals surface area contributed by atoms with Gasteiger partial charge in [0.1, 0.15) is 24.5 Å². The van der Waals surface area contributed by atoms with Gasteiger partial charge in [-0.05, 0) is 31.4 Å². The van der Waals surface area contributed by atoms with Gasteiger partial charge >= 0.3 is 12.1 Å². The minimum absolute atomic E-state index is 0.0582. The second kappa shape index (κ2) is 10.6. The van der Waals surface area contributed by atoms with Crippen molar-refractivity contribution < 1.29 is 23.9 Å². The molecule has 1 N–H and O–H groups in total. The van der Waals surface area contributed by atoms with Crippen LogP contribution in [0.3, 0.4) is 0 Å². The van der Waals surface area contributed by atoms with Crippen molar-refractivity contribution in [1.29, 1.82) is 0 Å². The van der Waals surface area contributed by atoms with Crippen LogP contribution < -0.4 is 5.32 Å². The summed E-state index contributed by atoms with van der Waals surface area (Å²) in [4.78, 5) is 38.2. The summed E-state index contributed by atoms with van der Waals surface area (Å²) >= 11 is 0. The third-order valence-electron chi connectivity index (χ3n) is 4.95. The zero-order chi connectivity index (χ0) is 20.4. The SMILES string of the molecule is C=CCOC(=O)N[C@@](C=O)(CCN1CCC[C@H]1C(=O)OC)Cc1ccccc1. The number of likely N-dealkylation sites (tertiary alicyclic amines) is 1. The Labute approximate surface area is 165 Å². The molecular weight excluding hydrogens is 360 g/mol. The van der Waals surface area contributed by atoms with Crippen LogP contribution in [0, 0.1) is 0 Å². The first-order valence-corrected chi connectivity index (χ1v) is 9.41. The number of alkyl carbamates (subject to hydrolysis) is 1. The molecule has 0 spiro atoms. The molecule has 0 aromatic heterocycles. The molecule has 0 unspecified atom stereocenters.